The molecule has 0 atom stereocenters. The molecule has 100 valence electrons. The fourth-order valence-corrected chi connectivity index (χ4v) is 2.13. The predicted molar refractivity (Wildman–Crippen MR) is 69.1 cm³/mol. The maximum Gasteiger partial charge on any atom is 0.245 e. The van der Waals surface area contributed by atoms with Crippen molar-refractivity contribution in [2.24, 2.45) is 5.41 Å². The van der Waals surface area contributed by atoms with Gasteiger partial charge in [-0.15, -0.1) is 0 Å². The highest BCUT2D eigenvalue weighted by atomic mass is 16.5. The van der Waals surface area contributed by atoms with Crippen LogP contribution >= 0.6 is 0 Å². The standard InChI is InChI=1S/C14H16N2O3/c15-10-14(5-7-19-8-6-14)13(18)16-12-4-2-1-3-11(12)9-17/h1-4,17H,5-9H2,(H,16,18). The number of anilines is 1. The van der Waals surface area contributed by atoms with Crippen molar-refractivity contribution < 1.29 is 14.6 Å². The first-order chi connectivity index (χ1) is 9.22. The Morgan fingerprint density at radius 1 is 1.42 bits per heavy atom. The van der Waals surface area contributed by atoms with E-state index in [-0.39, 0.29) is 12.5 Å². The van der Waals surface area contributed by atoms with E-state index in [9.17, 15) is 15.2 Å². The number of ether oxygens (including phenoxy) is 1. The molecule has 1 heterocycles. The van der Waals surface area contributed by atoms with Gasteiger partial charge >= 0.3 is 0 Å². The number of nitrogens with zero attached hydrogens (tertiary/aromatic N) is 1. The van der Waals surface area contributed by atoms with Crippen LogP contribution in [0.3, 0.4) is 0 Å². The maximum absolute atomic E-state index is 12.3. The SMILES string of the molecule is N#CC1(C(=O)Nc2ccccc2CO)CCOCC1. The van der Waals surface area contributed by atoms with Crippen LogP contribution in [0.1, 0.15) is 18.4 Å². The summed E-state index contributed by atoms with van der Waals surface area (Å²) in [5.74, 6) is -0.320. The molecule has 0 spiro atoms. The lowest BCUT2D eigenvalue weighted by Gasteiger charge is -2.29. The average Bonchev–Trinajstić information content (AvgIpc) is 2.48. The molecule has 1 aromatic rings. The quantitative estimate of drug-likeness (QED) is 0.861. The van der Waals surface area contributed by atoms with Gasteiger partial charge in [0.05, 0.1) is 12.7 Å². The Hall–Kier alpha value is -1.90. The second kappa shape index (κ2) is 5.83. The number of aliphatic hydroxyl groups excluding tert-OH is 1. The third-order valence-electron chi connectivity index (χ3n) is 3.43. The second-order valence-corrected chi connectivity index (χ2v) is 4.58. The number of aliphatic hydroxyl groups is 1. The molecule has 1 aliphatic rings. The van der Waals surface area contributed by atoms with E-state index in [1.165, 1.54) is 0 Å². The average molecular weight is 260 g/mol. The maximum atomic E-state index is 12.3. The second-order valence-electron chi connectivity index (χ2n) is 4.58. The summed E-state index contributed by atoms with van der Waals surface area (Å²) in [5.41, 5.74) is 0.160. The molecule has 0 saturated carbocycles. The van der Waals surface area contributed by atoms with Gasteiger partial charge in [0.2, 0.25) is 5.91 Å². The minimum atomic E-state index is -1.03. The minimum absolute atomic E-state index is 0.154. The van der Waals surface area contributed by atoms with Gasteiger partial charge in [0.1, 0.15) is 5.41 Å². The van der Waals surface area contributed by atoms with Crippen molar-refractivity contribution in [2.45, 2.75) is 19.4 Å². The molecule has 19 heavy (non-hydrogen) atoms. The van der Waals surface area contributed by atoms with Gasteiger partial charge in [0.25, 0.3) is 0 Å². The molecule has 0 unspecified atom stereocenters. The molecule has 2 rings (SSSR count). The molecule has 1 amide bonds. The highest BCUT2D eigenvalue weighted by Gasteiger charge is 2.40. The fourth-order valence-electron chi connectivity index (χ4n) is 2.13. The zero-order valence-corrected chi connectivity index (χ0v) is 10.6. The third-order valence-corrected chi connectivity index (χ3v) is 3.43. The van der Waals surface area contributed by atoms with Crippen LogP contribution in [-0.4, -0.2) is 24.2 Å². The van der Waals surface area contributed by atoms with Crippen LogP contribution in [0.15, 0.2) is 24.3 Å². The lowest BCUT2D eigenvalue weighted by atomic mass is 9.81. The highest BCUT2D eigenvalue weighted by Crippen LogP contribution is 2.31. The molecule has 1 aliphatic heterocycles. The summed E-state index contributed by atoms with van der Waals surface area (Å²) in [6.45, 7) is 0.685. The molecule has 1 aromatic carbocycles. The predicted octanol–water partition coefficient (Wildman–Crippen LogP) is 1.44. The zero-order valence-electron chi connectivity index (χ0n) is 10.6. The van der Waals surface area contributed by atoms with Crippen LogP contribution in [0, 0.1) is 16.7 Å². The zero-order chi connectivity index (χ0) is 13.7. The van der Waals surface area contributed by atoms with E-state index < -0.39 is 5.41 Å². The van der Waals surface area contributed by atoms with Gasteiger partial charge in [0, 0.05) is 24.5 Å². The van der Waals surface area contributed by atoms with Crippen molar-refractivity contribution in [1.29, 1.82) is 5.26 Å². The largest absolute Gasteiger partial charge is 0.392 e. The Bertz CT molecular complexity index is 502. The summed E-state index contributed by atoms with van der Waals surface area (Å²) >= 11 is 0. The minimum Gasteiger partial charge on any atom is -0.392 e. The number of rotatable bonds is 3. The van der Waals surface area contributed by atoms with Crippen molar-refractivity contribution in [1.82, 2.24) is 0 Å². The van der Waals surface area contributed by atoms with Crippen LogP contribution in [0.5, 0.6) is 0 Å². The Balaban J connectivity index is 2.18. The number of benzene rings is 1. The van der Waals surface area contributed by atoms with Gasteiger partial charge in [-0.05, 0) is 18.9 Å². The van der Waals surface area contributed by atoms with Crippen molar-refractivity contribution in [2.75, 3.05) is 18.5 Å². The molecular weight excluding hydrogens is 244 g/mol. The molecule has 5 nitrogen and oxygen atoms in total. The van der Waals surface area contributed by atoms with E-state index in [1.807, 2.05) is 0 Å². The molecule has 1 saturated heterocycles. The summed E-state index contributed by atoms with van der Waals surface area (Å²) < 4.78 is 5.20. The number of hydrogen-bond donors (Lipinski definition) is 2. The van der Waals surface area contributed by atoms with Gasteiger partial charge in [-0.25, -0.2) is 0 Å². The number of hydrogen-bond acceptors (Lipinski definition) is 4. The highest BCUT2D eigenvalue weighted by molar-refractivity contribution is 5.97. The molecule has 0 radical (unpaired) electrons. The van der Waals surface area contributed by atoms with Crippen LogP contribution in [-0.2, 0) is 16.1 Å². The van der Waals surface area contributed by atoms with E-state index in [1.54, 1.807) is 24.3 Å². The number of carbonyl (C=O) groups is 1. The van der Waals surface area contributed by atoms with Crippen molar-refractivity contribution in [3.8, 4) is 6.07 Å². The molecule has 5 heteroatoms. The lowest BCUT2D eigenvalue weighted by molar-refractivity contribution is -0.126. The van der Waals surface area contributed by atoms with Crippen molar-refractivity contribution >= 4 is 11.6 Å². The van der Waals surface area contributed by atoms with Gasteiger partial charge in [-0.2, -0.15) is 5.26 Å². The summed E-state index contributed by atoms with van der Waals surface area (Å²) in [4.78, 5) is 12.3. The first-order valence-corrected chi connectivity index (χ1v) is 6.21. The van der Waals surface area contributed by atoms with Crippen LogP contribution in [0.2, 0.25) is 0 Å². The molecule has 2 N–H and O–H groups in total. The molecule has 0 aliphatic carbocycles. The summed E-state index contributed by atoms with van der Waals surface area (Å²) in [6.07, 6.45) is 0.799. The van der Waals surface area contributed by atoms with E-state index in [4.69, 9.17) is 4.74 Å². The summed E-state index contributed by atoms with van der Waals surface area (Å²) in [7, 11) is 0. The van der Waals surface area contributed by atoms with Gasteiger partial charge < -0.3 is 15.2 Å². The molecule has 0 aromatic heterocycles. The normalized spacial score (nSPS) is 17.5. The summed E-state index contributed by atoms with van der Waals surface area (Å²) in [5, 5.41) is 21.3. The Kier molecular flexibility index (Phi) is 4.15. The van der Waals surface area contributed by atoms with Gasteiger partial charge in [0.15, 0.2) is 0 Å². The lowest BCUT2D eigenvalue weighted by Crippen LogP contribution is -2.40. The van der Waals surface area contributed by atoms with Crippen LogP contribution in [0.25, 0.3) is 0 Å². The first kappa shape index (κ1) is 13.5. The Morgan fingerprint density at radius 3 is 2.74 bits per heavy atom. The summed E-state index contributed by atoms with van der Waals surface area (Å²) in [6, 6.07) is 9.13. The number of carbonyl (C=O) groups excluding carboxylic acids is 1. The third kappa shape index (κ3) is 2.75. The van der Waals surface area contributed by atoms with Crippen LogP contribution < -0.4 is 5.32 Å². The van der Waals surface area contributed by atoms with Crippen LogP contribution in [0.4, 0.5) is 5.69 Å². The van der Waals surface area contributed by atoms with E-state index in [0.717, 1.165) is 0 Å². The topological polar surface area (TPSA) is 82.4 Å². The smallest absolute Gasteiger partial charge is 0.245 e. The number of para-hydroxylation sites is 1. The van der Waals surface area contributed by atoms with Crippen molar-refractivity contribution in [3.05, 3.63) is 29.8 Å². The molecule has 0 bridgehead atoms. The van der Waals surface area contributed by atoms with E-state index in [2.05, 4.69) is 11.4 Å². The van der Waals surface area contributed by atoms with E-state index in [0.29, 0.717) is 37.3 Å². The number of amides is 1. The Morgan fingerprint density at radius 2 is 2.11 bits per heavy atom. The monoisotopic (exact) mass is 260 g/mol. The number of nitrogens with one attached hydrogen (secondary N) is 1. The number of nitriles is 1. The Labute approximate surface area is 111 Å². The first-order valence-electron chi connectivity index (χ1n) is 6.21. The van der Waals surface area contributed by atoms with Crippen molar-refractivity contribution in [3.63, 3.8) is 0 Å². The van der Waals surface area contributed by atoms with E-state index >= 15 is 0 Å². The van der Waals surface area contributed by atoms with Gasteiger partial charge in [-0.3, -0.25) is 4.79 Å². The fraction of sp³-hybridized carbons (Fsp3) is 0.429. The van der Waals surface area contributed by atoms with Gasteiger partial charge in [-0.1, -0.05) is 18.2 Å². The molecule has 1 fully saturated rings. The molecular formula is C14H16N2O3.